The summed E-state index contributed by atoms with van der Waals surface area (Å²) in [5.74, 6) is 0.0551. The number of carbonyl (C=O) groups excluding carboxylic acids is 1. The molecule has 2 N–H and O–H groups in total. The summed E-state index contributed by atoms with van der Waals surface area (Å²) in [6.45, 7) is 6.13. The van der Waals surface area contributed by atoms with Crippen LogP contribution in [0.15, 0.2) is 6.20 Å². The van der Waals surface area contributed by atoms with Gasteiger partial charge in [-0.2, -0.15) is 0 Å². The van der Waals surface area contributed by atoms with Gasteiger partial charge in [-0.25, -0.2) is 0 Å². The summed E-state index contributed by atoms with van der Waals surface area (Å²) in [4.78, 5) is 14.6. The van der Waals surface area contributed by atoms with Gasteiger partial charge in [0.25, 0.3) is 0 Å². The summed E-state index contributed by atoms with van der Waals surface area (Å²) in [6.07, 6.45) is 1.96. The van der Waals surface area contributed by atoms with Gasteiger partial charge in [0.05, 0.1) is 26.2 Å². The molecular weight excluding hydrogens is 232 g/mol. The molecule has 0 aromatic carbocycles. The van der Waals surface area contributed by atoms with E-state index in [0.29, 0.717) is 26.2 Å². The fraction of sp³-hybridized carbons (Fsp3) is 0.615. The van der Waals surface area contributed by atoms with Crippen LogP contribution in [0.2, 0.25) is 0 Å². The molecule has 3 heterocycles. The highest BCUT2D eigenvalue weighted by Crippen LogP contribution is 2.34. The van der Waals surface area contributed by atoms with Crippen LogP contribution in [0.4, 0.5) is 0 Å². The molecule has 1 fully saturated rings. The third-order valence-electron chi connectivity index (χ3n) is 3.42. The quantitative estimate of drug-likeness (QED) is 0.788. The molecule has 2 aliphatic rings. The minimum atomic E-state index is -0.344. The fourth-order valence-corrected chi connectivity index (χ4v) is 2.37. The standard InChI is InChI=1S/C13H18N2O3/c1-13(2)6-17-12(18-7-13)9-4-14-10-5-15-11(16)3-8(9)10/h4,12,14H,3,5-7H2,1-2H3,(H,15,16). The van der Waals surface area contributed by atoms with E-state index in [1.165, 1.54) is 0 Å². The van der Waals surface area contributed by atoms with Crippen LogP contribution in [-0.4, -0.2) is 24.1 Å². The zero-order valence-corrected chi connectivity index (χ0v) is 10.7. The first-order valence-electron chi connectivity index (χ1n) is 6.24. The Morgan fingerprint density at radius 3 is 2.78 bits per heavy atom. The maximum atomic E-state index is 11.5. The molecule has 0 aliphatic carbocycles. The minimum absolute atomic E-state index is 0.0551. The smallest absolute Gasteiger partial charge is 0.224 e. The van der Waals surface area contributed by atoms with Crippen molar-refractivity contribution in [2.24, 2.45) is 5.41 Å². The first-order chi connectivity index (χ1) is 8.55. The molecule has 1 amide bonds. The third kappa shape index (κ3) is 2.04. The molecule has 2 aliphatic heterocycles. The first-order valence-corrected chi connectivity index (χ1v) is 6.24. The van der Waals surface area contributed by atoms with E-state index in [9.17, 15) is 4.79 Å². The van der Waals surface area contributed by atoms with E-state index in [1.54, 1.807) is 0 Å². The van der Waals surface area contributed by atoms with Gasteiger partial charge in [0, 0.05) is 22.9 Å². The molecule has 98 valence electrons. The third-order valence-corrected chi connectivity index (χ3v) is 3.42. The Kier molecular flexibility index (Phi) is 2.68. The highest BCUT2D eigenvalue weighted by Gasteiger charge is 2.32. The van der Waals surface area contributed by atoms with E-state index in [1.807, 2.05) is 6.20 Å². The SMILES string of the molecule is CC1(C)COC(c2c[nH]c3c2CC(=O)NC3)OC1. The van der Waals surface area contributed by atoms with Crippen molar-refractivity contribution in [1.82, 2.24) is 10.3 Å². The van der Waals surface area contributed by atoms with Gasteiger partial charge in [0.2, 0.25) is 5.91 Å². The normalized spacial score (nSPS) is 23.6. The maximum Gasteiger partial charge on any atom is 0.224 e. The number of ether oxygens (including phenoxy) is 2. The number of rotatable bonds is 1. The molecule has 1 aromatic heterocycles. The number of nitrogens with one attached hydrogen (secondary N) is 2. The number of hydrogen-bond acceptors (Lipinski definition) is 3. The zero-order valence-electron chi connectivity index (χ0n) is 10.7. The van der Waals surface area contributed by atoms with Crippen molar-refractivity contribution >= 4 is 5.91 Å². The summed E-state index contributed by atoms with van der Waals surface area (Å²) >= 11 is 0. The second-order valence-electron chi connectivity index (χ2n) is 5.77. The lowest BCUT2D eigenvalue weighted by molar-refractivity contribution is -0.226. The number of aromatic nitrogens is 1. The number of fused-ring (bicyclic) bond motifs is 1. The molecule has 3 rings (SSSR count). The average molecular weight is 250 g/mol. The number of carbonyl (C=O) groups is 1. The van der Waals surface area contributed by atoms with Gasteiger partial charge >= 0.3 is 0 Å². The Labute approximate surface area is 106 Å². The highest BCUT2D eigenvalue weighted by atomic mass is 16.7. The fourth-order valence-electron chi connectivity index (χ4n) is 2.37. The van der Waals surface area contributed by atoms with E-state index in [-0.39, 0.29) is 17.6 Å². The topological polar surface area (TPSA) is 63.4 Å². The highest BCUT2D eigenvalue weighted by molar-refractivity contribution is 5.81. The monoisotopic (exact) mass is 250 g/mol. The summed E-state index contributed by atoms with van der Waals surface area (Å²) < 4.78 is 11.5. The van der Waals surface area contributed by atoms with Crippen molar-refractivity contribution in [2.45, 2.75) is 33.1 Å². The van der Waals surface area contributed by atoms with E-state index in [4.69, 9.17) is 9.47 Å². The lowest BCUT2D eigenvalue weighted by Gasteiger charge is -2.34. The van der Waals surface area contributed by atoms with E-state index < -0.39 is 0 Å². The lowest BCUT2D eigenvalue weighted by atomic mass is 9.95. The van der Waals surface area contributed by atoms with Crippen LogP contribution in [0.1, 0.15) is 37.0 Å². The predicted octanol–water partition coefficient (Wildman–Crippen LogP) is 1.26. The molecule has 0 bridgehead atoms. The van der Waals surface area contributed by atoms with Crippen LogP contribution in [0.25, 0.3) is 0 Å². The van der Waals surface area contributed by atoms with Crippen LogP contribution in [-0.2, 0) is 27.2 Å². The molecule has 18 heavy (non-hydrogen) atoms. The van der Waals surface area contributed by atoms with Crippen molar-refractivity contribution in [2.75, 3.05) is 13.2 Å². The average Bonchev–Trinajstić information content (AvgIpc) is 2.72. The Balaban J connectivity index is 1.81. The molecule has 0 unspecified atom stereocenters. The van der Waals surface area contributed by atoms with Crippen molar-refractivity contribution in [3.63, 3.8) is 0 Å². The van der Waals surface area contributed by atoms with E-state index in [0.717, 1.165) is 16.8 Å². The minimum Gasteiger partial charge on any atom is -0.363 e. The van der Waals surface area contributed by atoms with Gasteiger partial charge < -0.3 is 19.8 Å². The second kappa shape index (κ2) is 4.10. The Morgan fingerprint density at radius 1 is 1.33 bits per heavy atom. The summed E-state index contributed by atoms with van der Waals surface area (Å²) in [7, 11) is 0. The van der Waals surface area contributed by atoms with Crippen LogP contribution in [0.3, 0.4) is 0 Å². The van der Waals surface area contributed by atoms with Crippen LogP contribution >= 0.6 is 0 Å². The lowest BCUT2D eigenvalue weighted by Crippen LogP contribution is -2.35. The molecule has 5 heteroatoms. The van der Waals surface area contributed by atoms with E-state index in [2.05, 4.69) is 24.1 Å². The molecule has 0 saturated carbocycles. The molecule has 5 nitrogen and oxygen atoms in total. The van der Waals surface area contributed by atoms with Gasteiger partial charge in [-0.1, -0.05) is 13.8 Å². The summed E-state index contributed by atoms with van der Waals surface area (Å²) in [5, 5.41) is 2.82. The van der Waals surface area contributed by atoms with Crippen molar-refractivity contribution in [3.05, 3.63) is 23.0 Å². The first kappa shape index (κ1) is 11.7. The molecule has 1 aromatic rings. The van der Waals surface area contributed by atoms with Crippen LogP contribution < -0.4 is 5.32 Å². The van der Waals surface area contributed by atoms with Crippen molar-refractivity contribution < 1.29 is 14.3 Å². The Morgan fingerprint density at radius 2 is 2.06 bits per heavy atom. The van der Waals surface area contributed by atoms with E-state index >= 15 is 0 Å². The zero-order chi connectivity index (χ0) is 12.8. The number of H-pyrrole nitrogens is 1. The molecule has 0 atom stereocenters. The largest absolute Gasteiger partial charge is 0.363 e. The maximum absolute atomic E-state index is 11.5. The van der Waals surface area contributed by atoms with Gasteiger partial charge in [-0.3, -0.25) is 4.79 Å². The molecule has 0 radical (unpaired) electrons. The van der Waals surface area contributed by atoms with Crippen molar-refractivity contribution in [3.8, 4) is 0 Å². The molecular formula is C13H18N2O3. The second-order valence-corrected chi connectivity index (χ2v) is 5.77. The van der Waals surface area contributed by atoms with Crippen LogP contribution in [0, 0.1) is 5.41 Å². The predicted molar refractivity (Wildman–Crippen MR) is 64.8 cm³/mol. The number of amides is 1. The number of aromatic amines is 1. The van der Waals surface area contributed by atoms with Gasteiger partial charge in [0.15, 0.2) is 6.29 Å². The summed E-state index contributed by atoms with van der Waals surface area (Å²) in [5.41, 5.74) is 3.12. The van der Waals surface area contributed by atoms with Crippen molar-refractivity contribution in [1.29, 1.82) is 0 Å². The summed E-state index contributed by atoms with van der Waals surface area (Å²) in [6, 6.07) is 0. The Hall–Kier alpha value is -1.33. The Bertz CT molecular complexity index is 469. The van der Waals surface area contributed by atoms with Gasteiger partial charge in [-0.05, 0) is 5.56 Å². The van der Waals surface area contributed by atoms with Gasteiger partial charge in [0.1, 0.15) is 0 Å². The van der Waals surface area contributed by atoms with Crippen LogP contribution in [0.5, 0.6) is 0 Å². The molecule has 0 spiro atoms. The molecule has 1 saturated heterocycles. The number of hydrogen-bond donors (Lipinski definition) is 2. The van der Waals surface area contributed by atoms with Gasteiger partial charge in [-0.15, -0.1) is 0 Å².